The number of furan rings is 1. The summed E-state index contributed by atoms with van der Waals surface area (Å²) in [6.07, 6.45) is -5.74. The van der Waals surface area contributed by atoms with Crippen LogP contribution in [0.4, 0.5) is 0 Å². The van der Waals surface area contributed by atoms with Crippen molar-refractivity contribution in [1.82, 2.24) is 0 Å². The third kappa shape index (κ3) is 6.49. The highest BCUT2D eigenvalue weighted by atomic mass is 16.7. The van der Waals surface area contributed by atoms with Crippen LogP contribution in [0.5, 0.6) is 0 Å². The van der Waals surface area contributed by atoms with Gasteiger partial charge in [-0.15, -0.1) is 0 Å². The molecule has 0 radical (unpaired) electrons. The lowest BCUT2D eigenvalue weighted by Crippen LogP contribution is -2.85. The fourth-order valence-electron chi connectivity index (χ4n) is 7.98. The van der Waals surface area contributed by atoms with Gasteiger partial charge in [0, 0.05) is 27.2 Å². The van der Waals surface area contributed by atoms with Crippen molar-refractivity contribution in [3.05, 3.63) is 24.2 Å². The van der Waals surface area contributed by atoms with E-state index in [1.54, 1.807) is 41.5 Å². The molecule has 1 aromatic rings. The van der Waals surface area contributed by atoms with Crippen LogP contribution in [0, 0.1) is 23.2 Å². The van der Waals surface area contributed by atoms with Crippen molar-refractivity contribution >= 4 is 35.8 Å². The zero-order valence-corrected chi connectivity index (χ0v) is 30.1. The molecule has 1 N–H and O–H groups in total. The maximum Gasteiger partial charge on any atom is 0.341 e. The van der Waals surface area contributed by atoms with Crippen molar-refractivity contribution in [2.45, 2.75) is 129 Å². The molecule has 2 bridgehead atoms. The fraction of sp³-hybridized carbons (Fsp3) is 0.714. The Balaban J connectivity index is 2.19. The van der Waals surface area contributed by atoms with Crippen LogP contribution in [-0.4, -0.2) is 94.9 Å². The number of aliphatic hydroxyl groups is 1. The number of hydrogen-bond acceptors (Lipinski definition) is 15. The number of carbonyl (C=O) groups excluding carboxylic acids is 6. The van der Waals surface area contributed by atoms with Crippen LogP contribution in [0.25, 0.3) is 0 Å². The van der Waals surface area contributed by atoms with Gasteiger partial charge < -0.3 is 42.7 Å². The summed E-state index contributed by atoms with van der Waals surface area (Å²) < 4.78 is 48.1. The molecule has 2 aliphatic carbocycles. The van der Waals surface area contributed by atoms with Crippen molar-refractivity contribution < 1.29 is 71.4 Å². The van der Waals surface area contributed by atoms with Crippen molar-refractivity contribution in [3.8, 4) is 0 Å². The molecular formula is C35H48O15. The van der Waals surface area contributed by atoms with Gasteiger partial charge in [-0.3, -0.25) is 24.0 Å². The second-order valence-corrected chi connectivity index (χ2v) is 14.5. The highest BCUT2D eigenvalue weighted by Crippen LogP contribution is 2.69. The summed E-state index contributed by atoms with van der Waals surface area (Å²) in [5.41, 5.74) is -8.21. The minimum atomic E-state index is -2.30. The maximum atomic E-state index is 13.9. The molecule has 0 unspecified atom stereocenters. The van der Waals surface area contributed by atoms with E-state index in [-0.39, 0.29) is 5.56 Å². The molecule has 2 saturated carbocycles. The average Bonchev–Trinajstić information content (AvgIpc) is 3.60. The molecule has 10 atom stereocenters. The van der Waals surface area contributed by atoms with Gasteiger partial charge in [-0.1, -0.05) is 27.7 Å². The highest BCUT2D eigenvalue weighted by molar-refractivity contribution is 5.89. The van der Waals surface area contributed by atoms with Gasteiger partial charge in [0.15, 0.2) is 17.8 Å². The van der Waals surface area contributed by atoms with E-state index in [2.05, 4.69) is 0 Å². The molecule has 2 heterocycles. The van der Waals surface area contributed by atoms with Crippen molar-refractivity contribution in [2.24, 2.45) is 23.2 Å². The van der Waals surface area contributed by atoms with Crippen LogP contribution >= 0.6 is 0 Å². The average molecular weight is 709 g/mol. The predicted octanol–water partition coefficient (Wildman–Crippen LogP) is 3.08. The quantitative estimate of drug-likeness (QED) is 0.259. The molecule has 15 heteroatoms. The molecule has 3 aliphatic rings. The minimum Gasteiger partial charge on any atom is -0.472 e. The van der Waals surface area contributed by atoms with E-state index in [1.165, 1.54) is 19.3 Å². The normalized spacial score (nSPS) is 34.5. The van der Waals surface area contributed by atoms with E-state index in [4.69, 9.17) is 37.6 Å². The topological polar surface area (TPSA) is 200 Å². The molecule has 4 rings (SSSR count). The van der Waals surface area contributed by atoms with Gasteiger partial charge >= 0.3 is 35.8 Å². The summed E-state index contributed by atoms with van der Waals surface area (Å²) in [5, 5.41) is 12.7. The van der Waals surface area contributed by atoms with Gasteiger partial charge in [-0.25, -0.2) is 4.79 Å². The smallest absolute Gasteiger partial charge is 0.341 e. The third-order valence-corrected chi connectivity index (χ3v) is 10.1. The van der Waals surface area contributed by atoms with E-state index in [0.717, 1.165) is 27.0 Å². The first-order valence-corrected chi connectivity index (χ1v) is 16.7. The summed E-state index contributed by atoms with van der Waals surface area (Å²) in [5.74, 6) is -7.47. The molecule has 0 amide bonds. The lowest BCUT2D eigenvalue weighted by atomic mass is 9.45. The van der Waals surface area contributed by atoms with Crippen LogP contribution < -0.4 is 0 Å². The molecule has 50 heavy (non-hydrogen) atoms. The van der Waals surface area contributed by atoms with Gasteiger partial charge in [0.1, 0.15) is 36.6 Å². The molecule has 15 nitrogen and oxygen atoms in total. The number of ether oxygens (including phenoxy) is 7. The first-order chi connectivity index (χ1) is 23.2. The van der Waals surface area contributed by atoms with Gasteiger partial charge in [-0.2, -0.15) is 0 Å². The van der Waals surface area contributed by atoms with Crippen LogP contribution in [-0.2, 0) is 57.1 Å². The Labute approximate surface area is 290 Å². The van der Waals surface area contributed by atoms with Crippen molar-refractivity contribution in [2.75, 3.05) is 6.61 Å². The van der Waals surface area contributed by atoms with E-state index in [0.29, 0.717) is 6.42 Å². The number of fused-ring (bicyclic) bond motifs is 1. The monoisotopic (exact) mass is 708 g/mol. The molecule has 1 aliphatic heterocycles. The second kappa shape index (κ2) is 14.0. The third-order valence-electron chi connectivity index (χ3n) is 10.1. The molecule has 1 spiro atoms. The lowest BCUT2D eigenvalue weighted by molar-refractivity contribution is -0.363. The Bertz CT molecular complexity index is 1480. The second-order valence-electron chi connectivity index (χ2n) is 14.5. The molecule has 1 saturated heterocycles. The Morgan fingerprint density at radius 3 is 1.98 bits per heavy atom. The molecule has 1 aromatic heterocycles. The highest BCUT2D eigenvalue weighted by Gasteiger charge is 2.89. The molecule has 3 fully saturated rings. The summed E-state index contributed by atoms with van der Waals surface area (Å²) in [4.78, 5) is 79.5. The van der Waals surface area contributed by atoms with Gasteiger partial charge in [0.25, 0.3) is 0 Å². The predicted molar refractivity (Wildman–Crippen MR) is 169 cm³/mol. The summed E-state index contributed by atoms with van der Waals surface area (Å²) in [6.45, 7) is 13.6. The first-order valence-electron chi connectivity index (χ1n) is 16.7. The van der Waals surface area contributed by atoms with Crippen LogP contribution in [0.2, 0.25) is 0 Å². The zero-order valence-electron chi connectivity index (χ0n) is 30.1. The fourth-order valence-corrected chi connectivity index (χ4v) is 7.98. The van der Waals surface area contributed by atoms with E-state index in [1.807, 2.05) is 0 Å². The standard InChI is InChI=1S/C35H48O15/c1-11-18(4)30(40)44-16-34-26(46-20(6)37)23(45-19(5)36)14-33(10,42)35(34)27(47-21(7)38)24(32(8,9)50-35)25(48-29(39)17(2)3)28(34)49-31(41)22-12-13-43-15-22/h12-13,15,17-18,23-28,42H,11,14,16H2,1-10H3/t18-,23+,24-,25+,26+,27-,28+,33-,34-,35+/m1/s1. The Hall–Kier alpha value is -3.98. The Morgan fingerprint density at radius 1 is 0.860 bits per heavy atom. The molecule has 0 aromatic carbocycles. The molecule has 278 valence electrons. The number of rotatable bonds is 11. The van der Waals surface area contributed by atoms with Crippen LogP contribution in [0.1, 0.15) is 92.4 Å². The van der Waals surface area contributed by atoms with Gasteiger partial charge in [-0.05, 0) is 33.3 Å². The summed E-state index contributed by atoms with van der Waals surface area (Å²) in [6, 6.07) is 1.32. The first kappa shape index (κ1) is 38.8. The number of hydrogen-bond donors (Lipinski definition) is 1. The maximum absolute atomic E-state index is 13.9. The van der Waals surface area contributed by atoms with Crippen molar-refractivity contribution in [1.29, 1.82) is 0 Å². The van der Waals surface area contributed by atoms with E-state index in [9.17, 15) is 33.9 Å². The van der Waals surface area contributed by atoms with E-state index < -0.39 is 119 Å². The largest absolute Gasteiger partial charge is 0.472 e. The Kier molecular flexibility index (Phi) is 10.8. The Morgan fingerprint density at radius 2 is 1.46 bits per heavy atom. The van der Waals surface area contributed by atoms with Crippen LogP contribution in [0.3, 0.4) is 0 Å². The SMILES string of the molecule is CC[C@@H](C)C(=O)OC[C@@]12[C@@H](OC(=O)c3ccoc3)[C@@H](OC(=O)C(C)C)[C@@H]3[C@@H](OC(C)=O)[C@]1(OC3(C)C)[C@](C)(O)C[C@H](OC(C)=O)[C@@H]2OC(C)=O. The lowest BCUT2D eigenvalue weighted by Gasteiger charge is -2.66. The number of esters is 6. The van der Waals surface area contributed by atoms with Crippen molar-refractivity contribution in [3.63, 3.8) is 0 Å². The summed E-state index contributed by atoms with van der Waals surface area (Å²) in [7, 11) is 0. The summed E-state index contributed by atoms with van der Waals surface area (Å²) >= 11 is 0. The minimum absolute atomic E-state index is 0.0579. The zero-order chi connectivity index (χ0) is 37.6. The van der Waals surface area contributed by atoms with E-state index >= 15 is 0 Å². The number of carbonyl (C=O) groups is 6. The van der Waals surface area contributed by atoms with Gasteiger partial charge in [0.2, 0.25) is 0 Å². The van der Waals surface area contributed by atoms with Crippen LogP contribution in [0.15, 0.2) is 23.0 Å². The molecular weight excluding hydrogens is 660 g/mol. The van der Waals surface area contributed by atoms with Gasteiger partial charge in [0.05, 0.1) is 40.8 Å².